The Bertz CT molecular complexity index is 6900. The number of pyridine rings is 5. The molecule has 3 atom stereocenters. The SMILES string of the molecule is C.C#Cc1ccc(C(C)C(=O)Nc2ccnc(-c3ccccn3)n2)cc1.C#Cc1ccc(C(C)C(=O)Nc2nc(-c3ccccn3)ncc2C)cc1.C#Cc1ccc(COCC(=O)Nc2ccnc(-c3ccccn3)n2)cc1.C#Cc1ccc2c(c1)CCCC2C(=O)Nc1nc(-c2ccccn2)ncc1C.Cc1cnc(-c2ccccn2)nc1NC(=O)Cc1ccc2ccccc2c1. The van der Waals surface area contributed by atoms with Gasteiger partial charge in [-0.3, -0.25) is 48.9 Å². The molecular weight excluding hydrogens is 1660 g/mol. The normalized spacial score (nSPS) is 11.8. The molecule has 26 nitrogen and oxygen atoms in total. The molecule has 3 unspecified atom stereocenters. The van der Waals surface area contributed by atoms with Gasteiger partial charge in [-0.2, -0.15) is 0 Å². The van der Waals surface area contributed by atoms with Crippen LogP contribution in [0.2, 0.25) is 0 Å². The van der Waals surface area contributed by atoms with Crippen molar-refractivity contribution in [1.29, 1.82) is 0 Å². The minimum Gasteiger partial charge on any atom is -0.367 e. The number of nitrogens with zero attached hydrogens (tertiary/aromatic N) is 15. The minimum absolute atomic E-state index is 0. The van der Waals surface area contributed by atoms with Gasteiger partial charge in [-0.25, -0.2) is 49.8 Å². The summed E-state index contributed by atoms with van der Waals surface area (Å²) < 4.78 is 5.42. The standard InChI is InChI=1S/C23H20N4O.C22H18N4O.C21H18N4O.C20H16N4O2.C20H16N4O.CH4/c1-3-16-10-11-18-17(13-16)7-6-8-19(18)23(28)27-21-15(2)14-25-22(26-21)20-9-4-5-12-24-20;1-15-14-24-22(19-8-4-5-11-23-19)26-21(15)25-20(27)13-16-9-10-17-6-2-3-7-18(17)12-16;1-4-16-8-10-17(11-9-16)15(3)21(26)25-19-14(2)13-23-20(24-19)18-7-5-6-12-22-18;1-2-15-6-8-16(9-7-15)13-26-14-19(25)23-18-10-12-22-20(24-18)17-5-3-4-11-21-17;1-3-15-7-9-16(10-8-15)14(2)20(25)24-18-11-13-22-19(23-18)17-6-4-5-12-21-17;/h1,4-5,9-14,19H,6-8H2,2H3,(H,25,26,27,28);2-12,14H,13H2,1H3,(H,24,25,26,27);1,5-13,15H,2-3H3,(H,23,24,25,26);1,3-12H,13-14H2,(H,22,23,24,25);1,4-14H,2H3,(H,22,23,24,25);1H4. The van der Waals surface area contributed by atoms with Crippen LogP contribution in [0.3, 0.4) is 0 Å². The lowest BCUT2D eigenvalue weighted by Gasteiger charge is -2.25. The highest BCUT2D eigenvalue weighted by atomic mass is 16.5. The molecule has 656 valence electrons. The van der Waals surface area contributed by atoms with Crippen LogP contribution in [0.5, 0.6) is 0 Å². The highest BCUT2D eigenvalue weighted by Gasteiger charge is 2.28. The number of aryl methyl sites for hydroxylation is 4. The summed E-state index contributed by atoms with van der Waals surface area (Å²) in [6, 6.07) is 73.1. The predicted molar refractivity (Wildman–Crippen MR) is 518 cm³/mol. The number of carbonyl (C=O) groups is 5. The van der Waals surface area contributed by atoms with Gasteiger partial charge < -0.3 is 31.3 Å². The Labute approximate surface area is 771 Å². The van der Waals surface area contributed by atoms with Gasteiger partial charge in [0.25, 0.3) is 5.91 Å². The fraction of sp³-hybridized carbons (Fsp3) is 0.140. The summed E-state index contributed by atoms with van der Waals surface area (Å²) in [4.78, 5) is 127. The van der Waals surface area contributed by atoms with E-state index in [0.29, 0.717) is 93.3 Å². The Kier molecular flexibility index (Phi) is 33.5. The summed E-state index contributed by atoms with van der Waals surface area (Å²) in [5.41, 5.74) is 14.8. The van der Waals surface area contributed by atoms with Gasteiger partial charge in [-0.1, -0.05) is 146 Å². The van der Waals surface area contributed by atoms with Crippen LogP contribution in [0.15, 0.2) is 299 Å². The Balaban J connectivity index is 0.000000150. The molecule has 0 saturated heterocycles. The summed E-state index contributed by atoms with van der Waals surface area (Å²) in [6.07, 6.45) is 41.2. The van der Waals surface area contributed by atoms with E-state index in [-0.39, 0.29) is 67.7 Å². The maximum absolute atomic E-state index is 13.1. The third-order valence-corrected chi connectivity index (χ3v) is 20.6. The molecule has 0 spiro atoms. The number of rotatable bonds is 21. The van der Waals surface area contributed by atoms with Gasteiger partial charge in [0.15, 0.2) is 29.1 Å². The first kappa shape index (κ1) is 94.4. The number of benzene rings is 6. The zero-order valence-corrected chi connectivity index (χ0v) is 72.7. The number of nitrogens with one attached hydrogen (secondary N) is 5. The Morgan fingerprint density at radius 2 is 0.782 bits per heavy atom. The van der Waals surface area contributed by atoms with Crippen LogP contribution in [-0.4, -0.2) is 111 Å². The van der Waals surface area contributed by atoms with E-state index in [4.69, 9.17) is 30.4 Å². The molecule has 0 bridgehead atoms. The topological polar surface area (TPSA) is 348 Å². The molecule has 0 fully saturated rings. The number of amides is 5. The third kappa shape index (κ3) is 26.7. The Hall–Kier alpha value is -17.7. The van der Waals surface area contributed by atoms with E-state index in [1.54, 1.807) is 80.2 Å². The first-order valence-electron chi connectivity index (χ1n) is 41.9. The molecule has 1 aliphatic rings. The number of carbonyl (C=O) groups excluding carboxylic acids is 5. The number of anilines is 5. The number of fused-ring (bicyclic) bond motifs is 2. The van der Waals surface area contributed by atoms with E-state index < -0.39 is 0 Å². The van der Waals surface area contributed by atoms with Gasteiger partial charge in [-0.15, -0.1) is 25.7 Å². The van der Waals surface area contributed by atoms with Gasteiger partial charge in [0, 0.05) is 101 Å². The number of aromatic nitrogens is 15. The van der Waals surface area contributed by atoms with Crippen molar-refractivity contribution in [1.82, 2.24) is 74.8 Å². The van der Waals surface area contributed by atoms with Crippen molar-refractivity contribution in [3.05, 3.63) is 371 Å². The molecule has 5 amide bonds. The molecular formula is C107H92N20O6. The second-order valence-electron chi connectivity index (χ2n) is 30.0. The molecule has 6 aromatic carbocycles. The van der Waals surface area contributed by atoms with Crippen LogP contribution in [0.4, 0.5) is 29.1 Å². The number of hydrogen-bond donors (Lipinski definition) is 5. The highest BCUT2D eigenvalue weighted by Crippen LogP contribution is 2.34. The van der Waals surface area contributed by atoms with Gasteiger partial charge >= 0.3 is 0 Å². The van der Waals surface area contributed by atoms with E-state index in [9.17, 15) is 24.0 Å². The first-order valence-corrected chi connectivity index (χ1v) is 41.9. The van der Waals surface area contributed by atoms with Crippen LogP contribution in [0, 0.1) is 70.1 Å². The molecule has 16 aromatic rings. The van der Waals surface area contributed by atoms with E-state index in [2.05, 4.69) is 131 Å². The molecule has 0 radical (unpaired) electrons. The molecule has 0 saturated carbocycles. The van der Waals surface area contributed by atoms with E-state index in [1.165, 1.54) is 0 Å². The molecule has 1 aliphatic carbocycles. The number of ether oxygens (including phenoxy) is 1. The third-order valence-electron chi connectivity index (χ3n) is 20.6. The van der Waals surface area contributed by atoms with Crippen molar-refractivity contribution in [3.8, 4) is 107 Å². The Morgan fingerprint density at radius 1 is 0.383 bits per heavy atom. The molecule has 17 rings (SSSR count). The first-order chi connectivity index (χ1) is 64.3. The molecule has 10 heterocycles. The van der Waals surface area contributed by atoms with Gasteiger partial charge in [0.2, 0.25) is 23.6 Å². The average molecular weight is 1750 g/mol. The van der Waals surface area contributed by atoms with E-state index >= 15 is 0 Å². The second-order valence-corrected chi connectivity index (χ2v) is 30.0. The predicted octanol–water partition coefficient (Wildman–Crippen LogP) is 18.2. The minimum atomic E-state index is -0.338. The maximum atomic E-state index is 13.1. The van der Waals surface area contributed by atoms with Crippen molar-refractivity contribution >= 4 is 69.4 Å². The monoisotopic (exact) mass is 1750 g/mol. The summed E-state index contributed by atoms with van der Waals surface area (Å²) in [7, 11) is 0. The lowest BCUT2D eigenvalue weighted by molar-refractivity contribution is -0.121. The zero-order valence-electron chi connectivity index (χ0n) is 72.7. The lowest BCUT2D eigenvalue weighted by Crippen LogP contribution is -2.25. The molecule has 133 heavy (non-hydrogen) atoms. The average Bonchev–Trinajstić information content (AvgIpc) is 0.796. The van der Waals surface area contributed by atoms with Crippen LogP contribution in [-0.2, 0) is 48.2 Å². The largest absolute Gasteiger partial charge is 0.367 e. The fourth-order valence-corrected chi connectivity index (χ4v) is 13.4. The summed E-state index contributed by atoms with van der Waals surface area (Å²) >= 11 is 0. The zero-order chi connectivity index (χ0) is 92.5. The van der Waals surface area contributed by atoms with Gasteiger partial charge in [0.1, 0.15) is 64.2 Å². The van der Waals surface area contributed by atoms with E-state index in [0.717, 1.165) is 102 Å². The van der Waals surface area contributed by atoms with Crippen molar-refractivity contribution in [3.63, 3.8) is 0 Å². The smallest absolute Gasteiger partial charge is 0.251 e. The quantitative estimate of drug-likeness (QED) is 0.0417. The lowest BCUT2D eigenvalue weighted by atomic mass is 9.81. The molecule has 5 N–H and O–H groups in total. The van der Waals surface area contributed by atoms with Gasteiger partial charge in [0.05, 0.1) is 30.8 Å². The summed E-state index contributed by atoms with van der Waals surface area (Å²) in [5.74, 6) is 13.4. The van der Waals surface area contributed by atoms with Crippen LogP contribution in [0.25, 0.3) is 68.4 Å². The Morgan fingerprint density at radius 3 is 1.23 bits per heavy atom. The molecule has 0 aliphatic heterocycles. The second kappa shape index (κ2) is 47.2. The van der Waals surface area contributed by atoms with E-state index in [1.807, 2.05) is 247 Å². The summed E-state index contributed by atoms with van der Waals surface area (Å²) in [5, 5.41) is 16.6. The van der Waals surface area contributed by atoms with Crippen molar-refractivity contribution in [2.24, 2.45) is 0 Å². The van der Waals surface area contributed by atoms with Crippen LogP contribution < -0.4 is 26.6 Å². The van der Waals surface area contributed by atoms with Crippen molar-refractivity contribution in [2.75, 3.05) is 33.2 Å². The van der Waals surface area contributed by atoms with Crippen molar-refractivity contribution in [2.45, 2.75) is 92.1 Å². The highest BCUT2D eigenvalue weighted by molar-refractivity contribution is 5.98. The van der Waals surface area contributed by atoms with Crippen LogP contribution in [0.1, 0.15) is 124 Å². The van der Waals surface area contributed by atoms with Gasteiger partial charge in [-0.05, 0) is 219 Å². The number of hydrogen-bond acceptors (Lipinski definition) is 21. The number of terminal acetylenes is 4. The summed E-state index contributed by atoms with van der Waals surface area (Å²) in [6.45, 7) is 9.52. The maximum Gasteiger partial charge on any atom is 0.251 e. The molecule has 26 heteroatoms. The van der Waals surface area contributed by atoms with Crippen molar-refractivity contribution < 1.29 is 28.7 Å². The van der Waals surface area contributed by atoms with Crippen LogP contribution >= 0.6 is 0 Å². The fourth-order valence-electron chi connectivity index (χ4n) is 13.4. The molecule has 10 aromatic heterocycles.